The Labute approximate surface area is 190 Å². The van der Waals surface area contributed by atoms with Gasteiger partial charge in [0.1, 0.15) is 6.10 Å². The van der Waals surface area contributed by atoms with E-state index in [-0.39, 0.29) is 25.4 Å². The van der Waals surface area contributed by atoms with Crippen molar-refractivity contribution in [2.24, 2.45) is 5.92 Å². The first-order valence-electron chi connectivity index (χ1n) is 11.2. The molecule has 0 aromatic heterocycles. The predicted octanol–water partition coefficient (Wildman–Crippen LogP) is 1.88. The molecule has 1 aliphatic heterocycles. The van der Waals surface area contributed by atoms with Gasteiger partial charge in [-0.1, -0.05) is 51.1 Å². The molecule has 6 atom stereocenters. The first kappa shape index (κ1) is 26.5. The highest BCUT2D eigenvalue weighted by atomic mass is 16.6. The largest absolute Gasteiger partial charge is 0.456 e. The number of aliphatic hydroxyl groups is 4. The lowest BCUT2D eigenvalue weighted by atomic mass is 9.76. The zero-order chi connectivity index (χ0) is 24.1. The number of carbonyl (C=O) groups excluding carboxylic acids is 1. The normalized spacial score (nSPS) is 30.8. The van der Waals surface area contributed by atoms with Crippen LogP contribution in [-0.2, 0) is 26.1 Å². The summed E-state index contributed by atoms with van der Waals surface area (Å²) in [6.07, 6.45) is -2.49. The summed E-state index contributed by atoms with van der Waals surface area (Å²) < 4.78 is 11.2. The predicted molar refractivity (Wildman–Crippen MR) is 121 cm³/mol. The molecule has 1 aromatic carbocycles. The van der Waals surface area contributed by atoms with E-state index < -0.39 is 41.9 Å². The summed E-state index contributed by atoms with van der Waals surface area (Å²) in [6.45, 7) is 7.46. The molecule has 1 aliphatic rings. The number of hydrogen-bond donors (Lipinski definition) is 4. The number of aliphatic hydroxyl groups excluding tert-OH is 4. The highest BCUT2D eigenvalue weighted by Gasteiger charge is 2.35. The van der Waals surface area contributed by atoms with Crippen LogP contribution in [0, 0.1) is 5.92 Å². The number of methoxy groups -OCH3 is 1. The van der Waals surface area contributed by atoms with E-state index in [4.69, 9.17) is 9.47 Å². The fourth-order valence-electron chi connectivity index (χ4n) is 4.02. The van der Waals surface area contributed by atoms with Crippen LogP contribution in [-0.4, -0.2) is 70.6 Å². The summed E-state index contributed by atoms with van der Waals surface area (Å²) in [7, 11) is 1.54. The van der Waals surface area contributed by atoms with E-state index in [0.29, 0.717) is 12.0 Å². The first-order chi connectivity index (χ1) is 15.0. The quantitative estimate of drug-likeness (QED) is 0.409. The van der Waals surface area contributed by atoms with Crippen molar-refractivity contribution in [3.63, 3.8) is 0 Å². The molecular weight excluding hydrogens is 412 g/mol. The Morgan fingerprint density at radius 3 is 2.59 bits per heavy atom. The first-order valence-corrected chi connectivity index (χ1v) is 11.2. The Hall–Kier alpha value is -1.77. The summed E-state index contributed by atoms with van der Waals surface area (Å²) in [6, 6.07) is 7.44. The highest BCUT2D eigenvalue weighted by Crippen LogP contribution is 2.32. The lowest BCUT2D eigenvalue weighted by Gasteiger charge is -2.35. The molecule has 0 saturated heterocycles. The van der Waals surface area contributed by atoms with Crippen LogP contribution < -0.4 is 0 Å². The van der Waals surface area contributed by atoms with E-state index in [1.807, 2.05) is 51.1 Å². The number of fused-ring (bicyclic) bond motifs is 2. The van der Waals surface area contributed by atoms with Gasteiger partial charge in [0, 0.05) is 38.4 Å². The van der Waals surface area contributed by atoms with E-state index in [1.54, 1.807) is 14.0 Å². The van der Waals surface area contributed by atoms with Gasteiger partial charge in [-0.05, 0) is 29.5 Å². The summed E-state index contributed by atoms with van der Waals surface area (Å²) in [5, 5.41) is 41.4. The van der Waals surface area contributed by atoms with Crippen LogP contribution in [0.3, 0.4) is 0 Å². The number of hydrogen-bond acceptors (Lipinski definition) is 7. The third-order valence-electron chi connectivity index (χ3n) is 6.45. The van der Waals surface area contributed by atoms with Gasteiger partial charge in [0.25, 0.3) is 0 Å². The molecule has 7 heteroatoms. The molecule has 32 heavy (non-hydrogen) atoms. The maximum absolute atomic E-state index is 12.7. The Balaban J connectivity index is 2.46. The molecule has 0 aliphatic carbocycles. The number of carbonyl (C=O) groups is 1. The number of rotatable bonds is 4. The number of cyclic esters (lactones) is 1. The van der Waals surface area contributed by atoms with Crippen molar-refractivity contribution in [1.82, 2.24) is 0 Å². The van der Waals surface area contributed by atoms with Crippen molar-refractivity contribution >= 4 is 5.97 Å². The average Bonchev–Trinajstić information content (AvgIpc) is 2.76. The molecule has 2 bridgehead atoms. The van der Waals surface area contributed by atoms with Gasteiger partial charge in [-0.15, -0.1) is 0 Å². The monoisotopic (exact) mass is 450 g/mol. The SMILES string of the molecule is CO[C@@H]1C[C@@H](/C(C)=C\[C@@H](C)CO)OC(=O)[C@@H](O)[C@H](O)Cc2cccc(c2)C(C)(C)[C@H](O)C1. The van der Waals surface area contributed by atoms with Crippen molar-refractivity contribution in [2.45, 2.75) is 82.9 Å². The Bertz CT molecular complexity index is 788. The second kappa shape index (κ2) is 11.4. The van der Waals surface area contributed by atoms with Crippen LogP contribution in [0.4, 0.5) is 0 Å². The smallest absolute Gasteiger partial charge is 0.338 e. The third-order valence-corrected chi connectivity index (χ3v) is 6.45. The molecule has 7 nitrogen and oxygen atoms in total. The fourth-order valence-corrected chi connectivity index (χ4v) is 4.02. The summed E-state index contributed by atoms with van der Waals surface area (Å²) >= 11 is 0. The molecule has 0 unspecified atom stereocenters. The van der Waals surface area contributed by atoms with Crippen molar-refractivity contribution in [3.05, 3.63) is 47.0 Å². The average molecular weight is 451 g/mol. The summed E-state index contributed by atoms with van der Waals surface area (Å²) in [5.74, 6) is -1.07. The van der Waals surface area contributed by atoms with Gasteiger partial charge in [0.2, 0.25) is 0 Å². The maximum Gasteiger partial charge on any atom is 0.338 e. The van der Waals surface area contributed by atoms with Crippen LogP contribution in [0.5, 0.6) is 0 Å². The van der Waals surface area contributed by atoms with Crippen molar-refractivity contribution < 1.29 is 34.7 Å². The molecule has 2 rings (SSSR count). The van der Waals surface area contributed by atoms with Gasteiger partial charge in [0.05, 0.1) is 18.3 Å². The number of benzene rings is 1. The van der Waals surface area contributed by atoms with Crippen LogP contribution in [0.2, 0.25) is 0 Å². The van der Waals surface area contributed by atoms with Gasteiger partial charge in [-0.2, -0.15) is 0 Å². The van der Waals surface area contributed by atoms with E-state index >= 15 is 0 Å². The molecule has 4 N–H and O–H groups in total. The lowest BCUT2D eigenvalue weighted by molar-refractivity contribution is -0.165. The molecule has 1 aromatic rings. The van der Waals surface area contributed by atoms with Crippen LogP contribution in [0.25, 0.3) is 0 Å². The topological polar surface area (TPSA) is 116 Å². The van der Waals surface area contributed by atoms with Gasteiger partial charge in [-0.3, -0.25) is 0 Å². The maximum atomic E-state index is 12.7. The Morgan fingerprint density at radius 2 is 1.97 bits per heavy atom. The molecule has 180 valence electrons. The zero-order valence-corrected chi connectivity index (χ0v) is 19.7. The van der Waals surface area contributed by atoms with E-state index in [2.05, 4.69) is 0 Å². The molecular formula is C25H38O7. The molecule has 0 amide bonds. The lowest BCUT2D eigenvalue weighted by Crippen LogP contribution is -2.41. The minimum atomic E-state index is -1.70. The van der Waals surface area contributed by atoms with E-state index in [9.17, 15) is 25.2 Å². The van der Waals surface area contributed by atoms with Crippen LogP contribution >= 0.6 is 0 Å². The van der Waals surface area contributed by atoms with Gasteiger partial charge in [0.15, 0.2) is 6.10 Å². The number of esters is 1. The van der Waals surface area contributed by atoms with Crippen LogP contribution in [0.15, 0.2) is 35.9 Å². The Morgan fingerprint density at radius 1 is 1.28 bits per heavy atom. The van der Waals surface area contributed by atoms with E-state index in [0.717, 1.165) is 11.1 Å². The van der Waals surface area contributed by atoms with Gasteiger partial charge < -0.3 is 29.9 Å². The minimum absolute atomic E-state index is 0.0578. The molecule has 0 spiro atoms. The second-order valence-electron chi connectivity index (χ2n) is 9.48. The minimum Gasteiger partial charge on any atom is -0.456 e. The zero-order valence-electron chi connectivity index (χ0n) is 19.7. The fraction of sp³-hybridized carbons (Fsp3) is 0.640. The summed E-state index contributed by atoms with van der Waals surface area (Å²) in [5.41, 5.74) is 1.74. The standard InChI is InChI=1S/C25H38O7/c1-15(14-26)9-16(2)21-12-19(31-5)13-22(28)25(3,4)18-8-6-7-17(10-18)11-20(27)23(29)24(30)32-21/h6-10,15,19-23,26-29H,11-14H2,1-5H3/b16-9-/t15-,19-,20-,21+,22-,23+/m1/s1. The number of ether oxygens (including phenoxy) is 2. The highest BCUT2D eigenvalue weighted by molar-refractivity contribution is 5.75. The van der Waals surface area contributed by atoms with Crippen molar-refractivity contribution in [1.29, 1.82) is 0 Å². The van der Waals surface area contributed by atoms with Crippen LogP contribution in [0.1, 0.15) is 51.7 Å². The third kappa shape index (κ3) is 6.62. The van der Waals surface area contributed by atoms with Crippen molar-refractivity contribution in [2.75, 3.05) is 13.7 Å². The molecule has 1 heterocycles. The van der Waals surface area contributed by atoms with E-state index in [1.165, 1.54) is 0 Å². The molecule has 0 saturated carbocycles. The molecule has 0 radical (unpaired) electrons. The molecule has 0 fully saturated rings. The van der Waals surface area contributed by atoms with Gasteiger partial charge in [-0.25, -0.2) is 4.79 Å². The summed E-state index contributed by atoms with van der Waals surface area (Å²) in [4.78, 5) is 12.7. The van der Waals surface area contributed by atoms with Crippen molar-refractivity contribution in [3.8, 4) is 0 Å². The second-order valence-corrected chi connectivity index (χ2v) is 9.48. The van der Waals surface area contributed by atoms with Gasteiger partial charge >= 0.3 is 5.97 Å². The Kier molecular flexibility index (Phi) is 9.42.